The van der Waals surface area contributed by atoms with Gasteiger partial charge in [-0.3, -0.25) is 4.68 Å². The lowest BCUT2D eigenvalue weighted by atomic mass is 9.90. The van der Waals surface area contributed by atoms with Crippen molar-refractivity contribution in [2.45, 2.75) is 45.1 Å². The molecule has 1 aromatic heterocycles. The lowest BCUT2D eigenvalue weighted by molar-refractivity contribution is 0.247. The number of hydrogen-bond donors (Lipinski definition) is 2. The highest BCUT2D eigenvalue weighted by atomic mass is 16.2. The van der Waals surface area contributed by atoms with Gasteiger partial charge in [-0.25, -0.2) is 4.79 Å². The fourth-order valence-corrected chi connectivity index (χ4v) is 3.33. The molecule has 0 spiro atoms. The van der Waals surface area contributed by atoms with Crippen molar-refractivity contribution in [2.75, 3.05) is 5.32 Å². The highest BCUT2D eigenvalue weighted by molar-refractivity contribution is 5.90. The number of urea groups is 1. The van der Waals surface area contributed by atoms with E-state index in [1.807, 2.05) is 25.2 Å². The van der Waals surface area contributed by atoms with Gasteiger partial charge in [0.05, 0.1) is 11.7 Å². The molecule has 5 heteroatoms. The van der Waals surface area contributed by atoms with Gasteiger partial charge in [-0.15, -0.1) is 0 Å². The Balaban J connectivity index is 1.71. The number of aromatic nitrogens is 2. The molecule has 3 rings (SSSR count). The number of hydrogen-bond acceptors (Lipinski definition) is 2. The number of nitrogens with one attached hydrogen (secondary N) is 2. The van der Waals surface area contributed by atoms with Crippen LogP contribution < -0.4 is 10.6 Å². The van der Waals surface area contributed by atoms with E-state index in [1.54, 1.807) is 10.9 Å². The molecule has 1 aliphatic rings. The summed E-state index contributed by atoms with van der Waals surface area (Å²) in [6, 6.07) is 7.94. The van der Waals surface area contributed by atoms with Crippen LogP contribution in [0.4, 0.5) is 10.5 Å². The Hall–Kier alpha value is -2.30. The number of nitrogens with zero attached hydrogens (tertiary/aromatic N) is 2. The molecule has 1 aromatic carbocycles. The third-order valence-electron chi connectivity index (χ3n) is 4.57. The first-order valence-corrected chi connectivity index (χ1v) is 8.35. The van der Waals surface area contributed by atoms with Crippen molar-refractivity contribution in [3.63, 3.8) is 0 Å². The average molecular weight is 312 g/mol. The summed E-state index contributed by atoms with van der Waals surface area (Å²) in [4.78, 5) is 12.4. The molecule has 0 fully saturated rings. The Morgan fingerprint density at radius 1 is 1.30 bits per heavy atom. The minimum Gasteiger partial charge on any atom is -0.330 e. The smallest absolute Gasteiger partial charge is 0.319 e. The van der Waals surface area contributed by atoms with E-state index in [2.05, 4.69) is 28.7 Å². The van der Waals surface area contributed by atoms with E-state index < -0.39 is 0 Å². The number of rotatable bonds is 4. The molecule has 0 unspecified atom stereocenters. The summed E-state index contributed by atoms with van der Waals surface area (Å²) in [6.45, 7) is 2.06. The van der Waals surface area contributed by atoms with Crippen LogP contribution in [0.2, 0.25) is 0 Å². The van der Waals surface area contributed by atoms with Crippen LogP contribution in [0.3, 0.4) is 0 Å². The molecule has 2 amide bonds. The molecule has 2 aromatic rings. The number of fused-ring (bicyclic) bond motifs is 1. The standard InChI is InChI=1S/C18H24N4O/c1-3-15(17-11-12-19-22(17)2)20-18(23)21-16-10-6-8-13-7-4-5-9-14(13)16/h6,8,10-12,15H,3-5,7,9H2,1-2H3,(H2,20,21,23)/t15-/m0/s1. The Labute approximate surface area is 137 Å². The van der Waals surface area contributed by atoms with Gasteiger partial charge < -0.3 is 10.6 Å². The fourth-order valence-electron chi connectivity index (χ4n) is 3.33. The van der Waals surface area contributed by atoms with E-state index >= 15 is 0 Å². The lowest BCUT2D eigenvalue weighted by Gasteiger charge is -2.21. The number of carbonyl (C=O) groups excluding carboxylic acids is 1. The number of amides is 2. The van der Waals surface area contributed by atoms with E-state index in [4.69, 9.17) is 0 Å². The summed E-state index contributed by atoms with van der Waals surface area (Å²) in [6.07, 6.45) is 7.16. The van der Waals surface area contributed by atoms with E-state index in [0.29, 0.717) is 0 Å². The van der Waals surface area contributed by atoms with Gasteiger partial charge in [-0.05, 0) is 55.4 Å². The highest BCUT2D eigenvalue weighted by Crippen LogP contribution is 2.28. The SMILES string of the molecule is CC[C@H](NC(=O)Nc1cccc2c1CCCC2)c1ccnn1C. The third-order valence-corrected chi connectivity index (χ3v) is 4.57. The topological polar surface area (TPSA) is 59.0 Å². The molecule has 5 nitrogen and oxygen atoms in total. The summed E-state index contributed by atoms with van der Waals surface area (Å²) in [7, 11) is 1.89. The van der Waals surface area contributed by atoms with Crippen molar-refractivity contribution in [2.24, 2.45) is 7.05 Å². The van der Waals surface area contributed by atoms with Gasteiger partial charge in [0, 0.05) is 18.9 Å². The van der Waals surface area contributed by atoms with Crippen molar-refractivity contribution < 1.29 is 4.79 Å². The van der Waals surface area contributed by atoms with Crippen molar-refractivity contribution in [1.29, 1.82) is 0 Å². The molecule has 0 saturated heterocycles. The van der Waals surface area contributed by atoms with Gasteiger partial charge in [0.1, 0.15) is 0 Å². The maximum absolute atomic E-state index is 12.4. The molecule has 0 aliphatic heterocycles. The number of aryl methyl sites for hydroxylation is 2. The Bertz CT molecular complexity index is 692. The highest BCUT2D eigenvalue weighted by Gasteiger charge is 2.18. The molecule has 23 heavy (non-hydrogen) atoms. The van der Waals surface area contributed by atoms with Crippen molar-refractivity contribution in [1.82, 2.24) is 15.1 Å². The largest absolute Gasteiger partial charge is 0.330 e. The molecule has 2 N–H and O–H groups in total. The second kappa shape index (κ2) is 6.86. The van der Waals surface area contributed by atoms with Crippen LogP contribution in [0.15, 0.2) is 30.5 Å². The van der Waals surface area contributed by atoms with Crippen LogP contribution in [0.1, 0.15) is 49.0 Å². The predicted octanol–water partition coefficient (Wildman–Crippen LogP) is 3.57. The number of benzene rings is 1. The van der Waals surface area contributed by atoms with Gasteiger partial charge in [-0.2, -0.15) is 5.10 Å². The van der Waals surface area contributed by atoms with Crippen molar-refractivity contribution in [3.8, 4) is 0 Å². The average Bonchev–Trinajstić information content (AvgIpc) is 2.99. The summed E-state index contributed by atoms with van der Waals surface area (Å²) >= 11 is 0. The Morgan fingerprint density at radius 3 is 2.87 bits per heavy atom. The Kier molecular flexibility index (Phi) is 4.65. The van der Waals surface area contributed by atoms with E-state index in [1.165, 1.54) is 24.0 Å². The molecule has 1 atom stereocenters. The summed E-state index contributed by atoms with van der Waals surface area (Å²) in [5, 5.41) is 10.3. The first-order valence-electron chi connectivity index (χ1n) is 8.35. The molecule has 1 heterocycles. The maximum Gasteiger partial charge on any atom is 0.319 e. The fraction of sp³-hybridized carbons (Fsp3) is 0.444. The molecule has 0 bridgehead atoms. The minimum atomic E-state index is -0.156. The van der Waals surface area contributed by atoms with Crippen LogP contribution in [0, 0.1) is 0 Å². The monoisotopic (exact) mass is 312 g/mol. The van der Waals surface area contributed by atoms with E-state index in [-0.39, 0.29) is 12.1 Å². The minimum absolute atomic E-state index is 0.0398. The van der Waals surface area contributed by atoms with Crippen molar-refractivity contribution >= 4 is 11.7 Å². The quantitative estimate of drug-likeness (QED) is 0.906. The first kappa shape index (κ1) is 15.6. The second-order valence-corrected chi connectivity index (χ2v) is 6.09. The Morgan fingerprint density at radius 2 is 2.13 bits per heavy atom. The first-order chi connectivity index (χ1) is 11.2. The number of anilines is 1. The van der Waals surface area contributed by atoms with Crippen LogP contribution in [-0.4, -0.2) is 15.8 Å². The van der Waals surface area contributed by atoms with Crippen LogP contribution >= 0.6 is 0 Å². The molecule has 0 radical (unpaired) electrons. The third kappa shape index (κ3) is 3.38. The maximum atomic E-state index is 12.4. The van der Waals surface area contributed by atoms with Gasteiger partial charge in [0.2, 0.25) is 0 Å². The molecule has 1 aliphatic carbocycles. The molecular weight excluding hydrogens is 288 g/mol. The van der Waals surface area contributed by atoms with Crippen LogP contribution in [0.5, 0.6) is 0 Å². The number of carbonyl (C=O) groups is 1. The van der Waals surface area contributed by atoms with E-state index in [9.17, 15) is 4.79 Å². The van der Waals surface area contributed by atoms with Gasteiger partial charge in [0.25, 0.3) is 0 Å². The summed E-state index contributed by atoms with van der Waals surface area (Å²) < 4.78 is 1.80. The zero-order valence-electron chi connectivity index (χ0n) is 13.8. The van der Waals surface area contributed by atoms with Gasteiger partial charge >= 0.3 is 6.03 Å². The summed E-state index contributed by atoms with van der Waals surface area (Å²) in [5.41, 5.74) is 4.62. The lowest BCUT2D eigenvalue weighted by Crippen LogP contribution is -2.33. The van der Waals surface area contributed by atoms with Gasteiger partial charge in [0.15, 0.2) is 0 Å². The van der Waals surface area contributed by atoms with Crippen molar-refractivity contribution in [3.05, 3.63) is 47.3 Å². The van der Waals surface area contributed by atoms with Gasteiger partial charge in [-0.1, -0.05) is 19.1 Å². The van der Waals surface area contributed by atoms with Crippen LogP contribution in [-0.2, 0) is 19.9 Å². The molecule has 0 saturated carbocycles. The molecular formula is C18H24N4O. The van der Waals surface area contributed by atoms with Crippen LogP contribution in [0.25, 0.3) is 0 Å². The molecule has 122 valence electrons. The zero-order chi connectivity index (χ0) is 16.2. The zero-order valence-corrected chi connectivity index (χ0v) is 13.8. The van der Waals surface area contributed by atoms with E-state index in [0.717, 1.165) is 30.6 Å². The summed E-state index contributed by atoms with van der Waals surface area (Å²) in [5.74, 6) is 0. The second-order valence-electron chi connectivity index (χ2n) is 6.09. The normalized spacial score (nSPS) is 14.9. The predicted molar refractivity (Wildman–Crippen MR) is 91.5 cm³/mol.